The summed E-state index contributed by atoms with van der Waals surface area (Å²) in [6.45, 7) is 0.137. The number of carbonyl (C=O) groups is 1. The van der Waals surface area contributed by atoms with Gasteiger partial charge in [-0.05, 0) is 19.0 Å². The van der Waals surface area contributed by atoms with Crippen molar-refractivity contribution in [2.75, 3.05) is 6.54 Å². The summed E-state index contributed by atoms with van der Waals surface area (Å²) in [4.78, 5) is 10.7. The summed E-state index contributed by atoms with van der Waals surface area (Å²) in [5, 5.41) is 27.9. The smallest absolute Gasteiger partial charge is 0.338 e. The maximum Gasteiger partial charge on any atom is 0.338 e. The highest BCUT2D eigenvalue weighted by Gasteiger charge is 2.23. The normalized spacial score (nSPS) is 14.4. The number of nitrogens with two attached hydrogens (primary N) is 1. The van der Waals surface area contributed by atoms with Gasteiger partial charge in [-0.25, -0.2) is 9.18 Å². The first-order valence-electron chi connectivity index (χ1n) is 5.07. The molecule has 0 saturated carbocycles. The molecule has 0 saturated heterocycles. The van der Waals surface area contributed by atoms with Crippen LogP contribution in [-0.2, 0) is 0 Å². The van der Waals surface area contributed by atoms with Crippen molar-refractivity contribution in [1.82, 2.24) is 0 Å². The van der Waals surface area contributed by atoms with E-state index in [2.05, 4.69) is 0 Å². The number of halogens is 1. The Bertz CT molecular complexity index is 410. The molecule has 1 aromatic carbocycles. The molecule has 0 amide bonds. The molecule has 0 aliphatic rings. The van der Waals surface area contributed by atoms with E-state index < -0.39 is 29.6 Å². The maximum atomic E-state index is 13.7. The van der Waals surface area contributed by atoms with E-state index in [9.17, 15) is 19.4 Å². The van der Waals surface area contributed by atoms with Gasteiger partial charge in [0.05, 0.1) is 11.7 Å². The van der Waals surface area contributed by atoms with E-state index in [0.717, 1.165) is 6.07 Å². The number of carboxylic acid groups (broad SMARTS) is 1. The molecule has 0 aliphatic carbocycles. The molecule has 0 radical (unpaired) electrons. The molecule has 6 heteroatoms. The van der Waals surface area contributed by atoms with Crippen molar-refractivity contribution in [2.24, 2.45) is 5.73 Å². The zero-order valence-electron chi connectivity index (χ0n) is 9.01. The van der Waals surface area contributed by atoms with E-state index in [-0.39, 0.29) is 18.5 Å². The SMILES string of the molecule is NCCC(O)C(O)c1cccc(C(=O)O)c1F. The fourth-order valence-electron chi connectivity index (χ4n) is 1.48. The zero-order valence-corrected chi connectivity index (χ0v) is 9.01. The van der Waals surface area contributed by atoms with Gasteiger partial charge in [-0.2, -0.15) is 0 Å². The summed E-state index contributed by atoms with van der Waals surface area (Å²) in [7, 11) is 0. The predicted molar refractivity (Wildman–Crippen MR) is 58.0 cm³/mol. The highest BCUT2D eigenvalue weighted by Crippen LogP contribution is 2.23. The third kappa shape index (κ3) is 3.00. The predicted octanol–water partition coefficient (Wildman–Crippen LogP) is 0.267. The van der Waals surface area contributed by atoms with Crippen LogP contribution in [0, 0.1) is 5.82 Å². The van der Waals surface area contributed by atoms with Gasteiger partial charge in [0.2, 0.25) is 0 Å². The first-order chi connectivity index (χ1) is 7.99. The molecular formula is C11H14FNO4. The highest BCUT2D eigenvalue weighted by molar-refractivity contribution is 5.88. The topological polar surface area (TPSA) is 104 Å². The second kappa shape index (κ2) is 5.72. The molecule has 1 aromatic rings. The molecule has 94 valence electrons. The number of carboxylic acids is 1. The molecule has 0 fully saturated rings. The molecule has 1 rings (SSSR count). The zero-order chi connectivity index (χ0) is 13.0. The fraction of sp³-hybridized carbons (Fsp3) is 0.364. The number of benzene rings is 1. The number of rotatable bonds is 5. The Morgan fingerprint density at radius 3 is 2.59 bits per heavy atom. The first kappa shape index (κ1) is 13.6. The molecule has 2 unspecified atom stereocenters. The van der Waals surface area contributed by atoms with Crippen LogP contribution in [0.5, 0.6) is 0 Å². The lowest BCUT2D eigenvalue weighted by atomic mass is 9.99. The lowest BCUT2D eigenvalue weighted by Crippen LogP contribution is -2.23. The van der Waals surface area contributed by atoms with Crippen LogP contribution >= 0.6 is 0 Å². The molecule has 2 atom stereocenters. The summed E-state index contributed by atoms with van der Waals surface area (Å²) in [5.41, 5.74) is 4.42. The van der Waals surface area contributed by atoms with E-state index >= 15 is 0 Å². The van der Waals surface area contributed by atoms with E-state index in [1.54, 1.807) is 0 Å². The van der Waals surface area contributed by atoms with Gasteiger partial charge in [-0.3, -0.25) is 0 Å². The minimum Gasteiger partial charge on any atom is -0.478 e. The van der Waals surface area contributed by atoms with Crippen LogP contribution in [0.2, 0.25) is 0 Å². The van der Waals surface area contributed by atoms with Gasteiger partial charge in [-0.15, -0.1) is 0 Å². The van der Waals surface area contributed by atoms with Gasteiger partial charge >= 0.3 is 5.97 Å². The molecule has 0 heterocycles. The van der Waals surface area contributed by atoms with Crippen molar-refractivity contribution < 1.29 is 24.5 Å². The highest BCUT2D eigenvalue weighted by atomic mass is 19.1. The van der Waals surface area contributed by atoms with Crippen molar-refractivity contribution in [3.63, 3.8) is 0 Å². The van der Waals surface area contributed by atoms with Crippen molar-refractivity contribution in [1.29, 1.82) is 0 Å². The Balaban J connectivity index is 3.06. The Hall–Kier alpha value is -1.50. The van der Waals surface area contributed by atoms with E-state index in [0.29, 0.717) is 0 Å². The third-order valence-electron chi connectivity index (χ3n) is 2.40. The first-order valence-corrected chi connectivity index (χ1v) is 5.07. The Morgan fingerprint density at radius 2 is 2.06 bits per heavy atom. The van der Waals surface area contributed by atoms with E-state index in [1.807, 2.05) is 0 Å². The monoisotopic (exact) mass is 243 g/mol. The van der Waals surface area contributed by atoms with E-state index in [1.165, 1.54) is 12.1 Å². The van der Waals surface area contributed by atoms with Crippen LogP contribution in [0.4, 0.5) is 4.39 Å². The second-order valence-corrected chi connectivity index (χ2v) is 3.60. The standard InChI is InChI=1S/C11H14FNO4/c12-9-6(10(15)8(14)4-5-13)2-1-3-7(9)11(16)17/h1-3,8,10,14-15H,4-5,13H2,(H,16,17). The van der Waals surface area contributed by atoms with Crippen molar-refractivity contribution in [3.05, 3.63) is 35.1 Å². The number of aliphatic hydroxyl groups is 2. The number of hydrogen-bond donors (Lipinski definition) is 4. The minimum atomic E-state index is -1.49. The molecule has 0 bridgehead atoms. The average molecular weight is 243 g/mol. The van der Waals surface area contributed by atoms with Gasteiger partial charge in [0, 0.05) is 5.56 Å². The number of aliphatic hydroxyl groups excluding tert-OH is 2. The average Bonchev–Trinajstić information content (AvgIpc) is 2.28. The van der Waals surface area contributed by atoms with Crippen LogP contribution in [0.15, 0.2) is 18.2 Å². The van der Waals surface area contributed by atoms with Crippen molar-refractivity contribution in [2.45, 2.75) is 18.6 Å². The summed E-state index contributed by atoms with van der Waals surface area (Å²) in [6, 6.07) is 3.62. The van der Waals surface area contributed by atoms with Gasteiger partial charge in [0.15, 0.2) is 0 Å². The molecular weight excluding hydrogens is 229 g/mol. The second-order valence-electron chi connectivity index (χ2n) is 3.60. The molecule has 0 aliphatic heterocycles. The van der Waals surface area contributed by atoms with Crippen LogP contribution < -0.4 is 5.73 Å². The van der Waals surface area contributed by atoms with Crippen LogP contribution in [0.25, 0.3) is 0 Å². The van der Waals surface area contributed by atoms with Gasteiger partial charge in [0.25, 0.3) is 0 Å². The Morgan fingerprint density at radius 1 is 1.41 bits per heavy atom. The molecule has 5 nitrogen and oxygen atoms in total. The largest absolute Gasteiger partial charge is 0.478 e. The van der Waals surface area contributed by atoms with Crippen LogP contribution in [-0.4, -0.2) is 33.9 Å². The summed E-state index contributed by atoms with van der Waals surface area (Å²) in [5.74, 6) is -2.46. The molecule has 0 aromatic heterocycles. The quantitative estimate of drug-likeness (QED) is 0.594. The third-order valence-corrected chi connectivity index (χ3v) is 2.40. The van der Waals surface area contributed by atoms with Gasteiger partial charge in [0.1, 0.15) is 11.9 Å². The van der Waals surface area contributed by atoms with E-state index in [4.69, 9.17) is 10.8 Å². The van der Waals surface area contributed by atoms with Gasteiger partial charge in [-0.1, -0.05) is 12.1 Å². The maximum absolute atomic E-state index is 13.7. The van der Waals surface area contributed by atoms with Crippen molar-refractivity contribution >= 4 is 5.97 Å². The molecule has 5 N–H and O–H groups in total. The fourth-order valence-corrected chi connectivity index (χ4v) is 1.48. The summed E-state index contributed by atoms with van der Waals surface area (Å²) in [6.07, 6.45) is -2.62. The van der Waals surface area contributed by atoms with Crippen LogP contribution in [0.1, 0.15) is 28.4 Å². The number of hydrogen-bond acceptors (Lipinski definition) is 4. The molecule has 17 heavy (non-hydrogen) atoms. The summed E-state index contributed by atoms with van der Waals surface area (Å²) >= 11 is 0. The molecule has 0 spiro atoms. The number of aromatic carboxylic acids is 1. The summed E-state index contributed by atoms with van der Waals surface area (Å²) < 4.78 is 13.7. The lowest BCUT2D eigenvalue weighted by molar-refractivity contribution is 0.0128. The Labute approximate surface area is 97.3 Å². The van der Waals surface area contributed by atoms with Gasteiger partial charge < -0.3 is 21.1 Å². The lowest BCUT2D eigenvalue weighted by Gasteiger charge is -2.18. The minimum absolute atomic E-state index is 0.0951. The van der Waals surface area contributed by atoms with Crippen molar-refractivity contribution in [3.8, 4) is 0 Å². The van der Waals surface area contributed by atoms with Crippen LogP contribution in [0.3, 0.4) is 0 Å². The Kier molecular flexibility index (Phi) is 4.56.